The summed E-state index contributed by atoms with van der Waals surface area (Å²) in [5, 5.41) is 0. The van der Waals surface area contributed by atoms with Gasteiger partial charge < -0.3 is 4.74 Å². The number of nitrogens with one attached hydrogen (secondary N) is 1. The van der Waals surface area contributed by atoms with Gasteiger partial charge >= 0.3 is 6.18 Å². The lowest BCUT2D eigenvalue weighted by Gasteiger charge is -2.17. The van der Waals surface area contributed by atoms with Gasteiger partial charge in [0.25, 0.3) is 0 Å². The van der Waals surface area contributed by atoms with E-state index in [0.29, 0.717) is 13.0 Å². The zero-order valence-electron chi connectivity index (χ0n) is 9.10. The normalized spacial score (nSPS) is 14.6. The molecule has 0 amide bonds. The highest BCUT2D eigenvalue weighted by Crippen LogP contribution is 2.22. The summed E-state index contributed by atoms with van der Waals surface area (Å²) in [5.41, 5.74) is 2.45. The van der Waals surface area contributed by atoms with Crippen LogP contribution in [0.2, 0.25) is 0 Å². The highest BCUT2D eigenvalue weighted by atomic mass is 19.4. The number of hydrogen-bond acceptors (Lipinski definition) is 3. The van der Waals surface area contributed by atoms with Crippen LogP contribution in [0, 0.1) is 0 Å². The summed E-state index contributed by atoms with van der Waals surface area (Å²) in [6, 6.07) is -0.213. The molecular weight excluding hydrogens is 209 g/mol. The zero-order valence-corrected chi connectivity index (χ0v) is 9.10. The van der Waals surface area contributed by atoms with E-state index in [9.17, 15) is 13.2 Å². The van der Waals surface area contributed by atoms with Crippen LogP contribution in [0.5, 0.6) is 0 Å². The number of hydrogen-bond donors (Lipinski definition) is 2. The third-order valence-electron chi connectivity index (χ3n) is 1.88. The summed E-state index contributed by atoms with van der Waals surface area (Å²) in [5.74, 6) is 5.20. The minimum Gasteiger partial charge on any atom is -0.377 e. The summed E-state index contributed by atoms with van der Waals surface area (Å²) in [4.78, 5) is 0. The fourth-order valence-electron chi connectivity index (χ4n) is 1.07. The Morgan fingerprint density at radius 2 is 1.93 bits per heavy atom. The van der Waals surface area contributed by atoms with Gasteiger partial charge in [0.1, 0.15) is 0 Å². The zero-order chi connectivity index (χ0) is 11.9. The molecule has 3 N–H and O–H groups in total. The van der Waals surface area contributed by atoms with Gasteiger partial charge in [-0.3, -0.25) is 11.3 Å². The van der Waals surface area contributed by atoms with E-state index >= 15 is 0 Å². The van der Waals surface area contributed by atoms with Crippen LogP contribution in [0.4, 0.5) is 13.2 Å². The monoisotopic (exact) mass is 228 g/mol. The molecule has 0 bridgehead atoms. The third kappa shape index (κ3) is 9.96. The minimum atomic E-state index is -4.09. The average molecular weight is 228 g/mol. The molecule has 3 nitrogen and oxygen atoms in total. The van der Waals surface area contributed by atoms with Crippen molar-refractivity contribution in [3.05, 3.63) is 0 Å². The second kappa shape index (κ2) is 7.03. The standard InChI is InChI=1S/C9H19F3N2O/c1-7(2)15-6-8(14-13)4-3-5-9(10,11)12/h7-8,14H,3-6,13H2,1-2H3. The molecule has 0 saturated heterocycles. The first-order valence-corrected chi connectivity index (χ1v) is 4.99. The van der Waals surface area contributed by atoms with Crippen molar-refractivity contribution in [1.29, 1.82) is 0 Å². The first-order valence-electron chi connectivity index (χ1n) is 4.99. The van der Waals surface area contributed by atoms with Crippen molar-refractivity contribution in [1.82, 2.24) is 5.43 Å². The van der Waals surface area contributed by atoms with Crippen molar-refractivity contribution in [3.63, 3.8) is 0 Å². The number of rotatable bonds is 7. The molecule has 0 aliphatic heterocycles. The van der Waals surface area contributed by atoms with E-state index in [1.807, 2.05) is 13.8 Å². The maximum absolute atomic E-state index is 11.8. The molecule has 0 aliphatic carbocycles. The lowest BCUT2D eigenvalue weighted by molar-refractivity contribution is -0.136. The molecule has 0 fully saturated rings. The van der Waals surface area contributed by atoms with Gasteiger partial charge in [0.05, 0.1) is 12.7 Å². The Balaban J connectivity index is 3.62. The second-order valence-electron chi connectivity index (χ2n) is 3.75. The molecule has 0 aromatic heterocycles. The summed E-state index contributed by atoms with van der Waals surface area (Å²) in [6.07, 6.45) is -4.36. The van der Waals surface area contributed by atoms with Gasteiger partial charge in [-0.25, -0.2) is 0 Å². The van der Waals surface area contributed by atoms with E-state index in [1.54, 1.807) is 0 Å². The maximum Gasteiger partial charge on any atom is 0.389 e. The average Bonchev–Trinajstić information content (AvgIpc) is 2.08. The maximum atomic E-state index is 11.8. The van der Waals surface area contributed by atoms with Gasteiger partial charge in [-0.15, -0.1) is 0 Å². The molecular formula is C9H19F3N2O. The highest BCUT2D eigenvalue weighted by Gasteiger charge is 2.26. The Labute approximate surface area is 88.1 Å². The fourth-order valence-corrected chi connectivity index (χ4v) is 1.07. The van der Waals surface area contributed by atoms with Crippen LogP contribution in [-0.2, 0) is 4.74 Å². The molecule has 0 saturated carbocycles. The van der Waals surface area contributed by atoms with Crippen molar-refractivity contribution < 1.29 is 17.9 Å². The molecule has 1 unspecified atom stereocenters. The van der Waals surface area contributed by atoms with E-state index in [1.165, 1.54) is 0 Å². The van der Waals surface area contributed by atoms with Crippen LogP contribution in [0.25, 0.3) is 0 Å². The van der Waals surface area contributed by atoms with Crippen LogP contribution in [0.1, 0.15) is 33.1 Å². The summed E-state index contributed by atoms with van der Waals surface area (Å²) in [6.45, 7) is 4.07. The molecule has 92 valence electrons. The molecule has 0 rings (SSSR count). The number of hydrazine groups is 1. The van der Waals surface area contributed by atoms with E-state index in [0.717, 1.165) is 0 Å². The fraction of sp³-hybridized carbons (Fsp3) is 1.00. The van der Waals surface area contributed by atoms with Crippen molar-refractivity contribution in [2.24, 2.45) is 5.84 Å². The van der Waals surface area contributed by atoms with E-state index in [2.05, 4.69) is 5.43 Å². The molecule has 15 heavy (non-hydrogen) atoms. The van der Waals surface area contributed by atoms with E-state index in [-0.39, 0.29) is 18.6 Å². The predicted octanol–water partition coefficient (Wildman–Crippen LogP) is 1.98. The molecule has 0 heterocycles. The van der Waals surface area contributed by atoms with E-state index < -0.39 is 12.6 Å². The smallest absolute Gasteiger partial charge is 0.377 e. The van der Waals surface area contributed by atoms with Gasteiger partial charge in [0.15, 0.2) is 0 Å². The van der Waals surface area contributed by atoms with Crippen LogP contribution in [0.15, 0.2) is 0 Å². The molecule has 0 spiro atoms. The van der Waals surface area contributed by atoms with Gasteiger partial charge in [-0.1, -0.05) is 0 Å². The van der Waals surface area contributed by atoms with Gasteiger partial charge in [-0.2, -0.15) is 13.2 Å². The van der Waals surface area contributed by atoms with Gasteiger partial charge in [-0.05, 0) is 26.7 Å². The second-order valence-corrected chi connectivity index (χ2v) is 3.75. The van der Waals surface area contributed by atoms with Crippen molar-refractivity contribution in [2.75, 3.05) is 6.61 Å². The molecule has 0 aliphatic rings. The quantitative estimate of drug-likeness (QED) is 0.517. The summed E-state index contributed by atoms with van der Waals surface area (Å²) in [7, 11) is 0. The summed E-state index contributed by atoms with van der Waals surface area (Å²) < 4.78 is 40.8. The first kappa shape index (κ1) is 14.7. The Bertz CT molecular complexity index is 162. The van der Waals surface area contributed by atoms with Crippen LogP contribution >= 0.6 is 0 Å². The van der Waals surface area contributed by atoms with Crippen molar-refractivity contribution in [3.8, 4) is 0 Å². The molecule has 6 heteroatoms. The van der Waals surface area contributed by atoms with Gasteiger partial charge in [0.2, 0.25) is 0 Å². The topological polar surface area (TPSA) is 47.3 Å². The summed E-state index contributed by atoms with van der Waals surface area (Å²) >= 11 is 0. The SMILES string of the molecule is CC(C)OCC(CCCC(F)(F)F)NN. The van der Waals surface area contributed by atoms with E-state index in [4.69, 9.17) is 10.6 Å². The highest BCUT2D eigenvalue weighted by molar-refractivity contribution is 4.64. The number of halogens is 3. The first-order chi connectivity index (χ1) is 6.85. The van der Waals surface area contributed by atoms with Crippen molar-refractivity contribution >= 4 is 0 Å². The molecule has 0 aromatic carbocycles. The third-order valence-corrected chi connectivity index (χ3v) is 1.88. The number of nitrogens with two attached hydrogens (primary N) is 1. The van der Waals surface area contributed by atoms with Crippen LogP contribution < -0.4 is 11.3 Å². The minimum absolute atomic E-state index is 0.0588. The van der Waals surface area contributed by atoms with Crippen LogP contribution in [-0.4, -0.2) is 24.9 Å². The molecule has 0 radical (unpaired) electrons. The van der Waals surface area contributed by atoms with Crippen molar-refractivity contribution in [2.45, 2.75) is 51.4 Å². The molecule has 1 atom stereocenters. The lowest BCUT2D eigenvalue weighted by atomic mass is 10.1. The van der Waals surface area contributed by atoms with Gasteiger partial charge in [0, 0.05) is 12.5 Å². The number of ether oxygens (including phenoxy) is 1. The lowest BCUT2D eigenvalue weighted by Crippen LogP contribution is -2.39. The Hall–Kier alpha value is -0.330. The Morgan fingerprint density at radius 1 is 1.33 bits per heavy atom. The molecule has 0 aromatic rings. The number of alkyl halides is 3. The predicted molar refractivity (Wildman–Crippen MR) is 52.1 cm³/mol. The largest absolute Gasteiger partial charge is 0.389 e. The van der Waals surface area contributed by atoms with Crippen LogP contribution in [0.3, 0.4) is 0 Å². The Kier molecular flexibility index (Phi) is 6.87. The Morgan fingerprint density at radius 3 is 2.33 bits per heavy atom.